The lowest BCUT2D eigenvalue weighted by atomic mass is 10.1. The summed E-state index contributed by atoms with van der Waals surface area (Å²) in [6.07, 6.45) is 8.68. The van der Waals surface area contributed by atoms with Gasteiger partial charge in [-0.2, -0.15) is 10.2 Å². The minimum atomic E-state index is -0.0469. The molecule has 0 unspecified atom stereocenters. The standard InChI is InChI=1S/C32H37N9O3S/c1-21-16-23(4-3-10-33)17-22(2)29(21)44-30-27-9-15-45-31(27)37-32(36-30)35-24-5-11-40(12-6-24)18-26-19-41(39-38-26)20-28(42)34-25-7-13-43-14-8-25/h3-4,9,15-17,19,24-25H,5-8,11-14,18,20H2,1-2H3,(H,34,42)(H,35,36,37)/b4-3+. The lowest BCUT2D eigenvalue weighted by molar-refractivity contribution is -0.123. The Morgan fingerprint density at radius 2 is 1.93 bits per heavy atom. The van der Waals surface area contributed by atoms with E-state index in [9.17, 15) is 4.79 Å². The molecule has 0 spiro atoms. The molecule has 1 amide bonds. The number of nitriles is 1. The van der Waals surface area contributed by atoms with Gasteiger partial charge in [0.2, 0.25) is 17.7 Å². The van der Waals surface area contributed by atoms with E-state index < -0.39 is 0 Å². The average molecular weight is 628 g/mol. The number of carbonyl (C=O) groups excluding carboxylic acids is 1. The molecule has 0 saturated carbocycles. The first-order valence-electron chi connectivity index (χ1n) is 15.3. The number of piperidine rings is 1. The molecule has 2 saturated heterocycles. The number of aromatic nitrogens is 5. The Balaban J connectivity index is 1.04. The highest BCUT2D eigenvalue weighted by Gasteiger charge is 2.23. The van der Waals surface area contributed by atoms with E-state index in [2.05, 4.69) is 25.8 Å². The number of ether oxygens (including phenoxy) is 2. The predicted octanol–water partition coefficient (Wildman–Crippen LogP) is 4.60. The van der Waals surface area contributed by atoms with Crippen LogP contribution >= 0.6 is 11.3 Å². The Hall–Kier alpha value is -4.38. The van der Waals surface area contributed by atoms with Crippen molar-refractivity contribution < 1.29 is 14.3 Å². The van der Waals surface area contributed by atoms with Crippen LogP contribution < -0.4 is 15.4 Å². The summed E-state index contributed by atoms with van der Waals surface area (Å²) in [5, 5.41) is 26.8. The van der Waals surface area contributed by atoms with E-state index in [1.807, 2.05) is 49.7 Å². The zero-order valence-corrected chi connectivity index (χ0v) is 26.3. The molecular weight excluding hydrogens is 590 g/mol. The zero-order chi connectivity index (χ0) is 31.2. The molecule has 0 bridgehead atoms. The number of nitrogens with zero attached hydrogens (tertiary/aromatic N) is 7. The third-order valence-corrected chi connectivity index (χ3v) is 8.91. The van der Waals surface area contributed by atoms with E-state index in [0.29, 0.717) is 31.6 Å². The Labute approximate surface area is 266 Å². The minimum Gasteiger partial charge on any atom is -0.438 e. The van der Waals surface area contributed by atoms with E-state index in [4.69, 9.17) is 24.7 Å². The summed E-state index contributed by atoms with van der Waals surface area (Å²) in [6.45, 7) is 8.02. The molecule has 12 nitrogen and oxygen atoms in total. The third-order valence-electron chi connectivity index (χ3n) is 8.11. The molecule has 2 aliphatic heterocycles. The number of fused-ring (bicyclic) bond motifs is 1. The largest absolute Gasteiger partial charge is 0.438 e. The first-order valence-corrected chi connectivity index (χ1v) is 16.2. The van der Waals surface area contributed by atoms with Crippen molar-refractivity contribution in [2.45, 2.75) is 64.7 Å². The van der Waals surface area contributed by atoms with Crippen molar-refractivity contribution in [1.82, 2.24) is 35.2 Å². The van der Waals surface area contributed by atoms with Crippen molar-refractivity contribution in [1.29, 1.82) is 5.26 Å². The zero-order valence-electron chi connectivity index (χ0n) is 25.5. The number of benzene rings is 1. The normalized spacial score (nSPS) is 16.6. The number of thiophene rings is 1. The fourth-order valence-corrected chi connectivity index (χ4v) is 6.59. The Morgan fingerprint density at radius 1 is 1.16 bits per heavy atom. The number of amides is 1. The Bertz CT molecular complexity index is 1690. The molecule has 1 aromatic carbocycles. The summed E-state index contributed by atoms with van der Waals surface area (Å²) in [4.78, 5) is 25.2. The van der Waals surface area contributed by atoms with Gasteiger partial charge in [0.05, 0.1) is 23.3 Å². The second-order valence-corrected chi connectivity index (χ2v) is 12.5. The van der Waals surface area contributed by atoms with E-state index in [1.54, 1.807) is 22.1 Å². The maximum atomic E-state index is 12.4. The number of likely N-dealkylation sites (tertiary alicyclic amines) is 1. The molecule has 2 fully saturated rings. The van der Waals surface area contributed by atoms with Crippen molar-refractivity contribution in [2.75, 3.05) is 31.6 Å². The van der Waals surface area contributed by atoms with Gasteiger partial charge in [-0.25, -0.2) is 9.67 Å². The van der Waals surface area contributed by atoms with Crippen LogP contribution in [0, 0.1) is 25.2 Å². The monoisotopic (exact) mass is 627 g/mol. The average Bonchev–Trinajstić information content (AvgIpc) is 3.69. The highest BCUT2D eigenvalue weighted by Crippen LogP contribution is 2.35. The highest BCUT2D eigenvalue weighted by atomic mass is 32.1. The van der Waals surface area contributed by atoms with Gasteiger partial charge < -0.3 is 20.1 Å². The van der Waals surface area contributed by atoms with Gasteiger partial charge in [0.1, 0.15) is 17.1 Å². The van der Waals surface area contributed by atoms with Gasteiger partial charge in [0, 0.05) is 51.0 Å². The first-order chi connectivity index (χ1) is 21.9. The second kappa shape index (κ2) is 14.2. The van der Waals surface area contributed by atoms with Gasteiger partial charge in [-0.1, -0.05) is 5.21 Å². The molecule has 0 atom stereocenters. The van der Waals surface area contributed by atoms with Crippen LogP contribution in [0.2, 0.25) is 0 Å². The number of allylic oxidation sites excluding steroid dienone is 1. The van der Waals surface area contributed by atoms with Crippen LogP contribution in [0.4, 0.5) is 5.95 Å². The lowest BCUT2D eigenvalue weighted by Crippen LogP contribution is -2.40. The molecule has 0 radical (unpaired) electrons. The van der Waals surface area contributed by atoms with Crippen LogP contribution in [0.1, 0.15) is 48.1 Å². The quantitative estimate of drug-likeness (QED) is 0.240. The van der Waals surface area contributed by atoms with Crippen LogP contribution in [-0.4, -0.2) is 74.2 Å². The number of hydrogen-bond acceptors (Lipinski definition) is 11. The number of carbonyl (C=O) groups is 1. The van der Waals surface area contributed by atoms with Gasteiger partial charge in [-0.05, 0) is 85.9 Å². The van der Waals surface area contributed by atoms with Gasteiger partial charge in [-0.3, -0.25) is 9.69 Å². The van der Waals surface area contributed by atoms with E-state index in [1.165, 1.54) is 6.08 Å². The molecule has 2 N–H and O–H groups in total. The summed E-state index contributed by atoms with van der Waals surface area (Å²) >= 11 is 1.56. The van der Waals surface area contributed by atoms with E-state index >= 15 is 0 Å². The van der Waals surface area contributed by atoms with Crippen molar-refractivity contribution >= 4 is 39.5 Å². The van der Waals surface area contributed by atoms with Gasteiger partial charge in [0.15, 0.2) is 0 Å². The fraction of sp³-hybridized carbons (Fsp3) is 0.438. The van der Waals surface area contributed by atoms with E-state index in [-0.39, 0.29) is 24.5 Å². The smallest absolute Gasteiger partial charge is 0.242 e. The fourth-order valence-electron chi connectivity index (χ4n) is 5.84. The molecule has 6 rings (SSSR count). The number of hydrogen-bond donors (Lipinski definition) is 2. The summed E-state index contributed by atoms with van der Waals surface area (Å²) < 4.78 is 13.4. The molecule has 2 aliphatic rings. The molecule has 4 aromatic rings. The lowest BCUT2D eigenvalue weighted by Gasteiger charge is -2.31. The molecule has 45 heavy (non-hydrogen) atoms. The van der Waals surface area contributed by atoms with Crippen LogP contribution in [0.25, 0.3) is 16.3 Å². The SMILES string of the molecule is Cc1cc(/C=C/C#N)cc(C)c1Oc1nc(NC2CCN(Cc3cn(CC(=O)NC4CCOCC4)nn3)CC2)nc2sccc12. The minimum absolute atomic E-state index is 0.0469. The van der Waals surface area contributed by atoms with Crippen LogP contribution in [0.3, 0.4) is 0 Å². The van der Waals surface area contributed by atoms with Gasteiger partial charge in [-0.15, -0.1) is 16.4 Å². The van der Waals surface area contributed by atoms with Crippen molar-refractivity contribution in [3.05, 3.63) is 58.2 Å². The molecule has 13 heteroatoms. The third kappa shape index (κ3) is 7.83. The number of aryl methyl sites for hydroxylation is 2. The summed E-state index contributed by atoms with van der Waals surface area (Å²) in [7, 11) is 0. The van der Waals surface area contributed by atoms with Crippen molar-refractivity contribution in [3.63, 3.8) is 0 Å². The maximum Gasteiger partial charge on any atom is 0.242 e. The number of rotatable bonds is 10. The highest BCUT2D eigenvalue weighted by molar-refractivity contribution is 7.16. The van der Waals surface area contributed by atoms with Gasteiger partial charge >= 0.3 is 0 Å². The molecular formula is C32H37N9O3S. The molecule has 0 aliphatic carbocycles. The van der Waals surface area contributed by atoms with Crippen LogP contribution in [-0.2, 0) is 22.6 Å². The van der Waals surface area contributed by atoms with Crippen molar-refractivity contribution in [3.8, 4) is 17.7 Å². The topological polar surface area (TPSA) is 143 Å². The molecule has 3 aromatic heterocycles. The second-order valence-electron chi connectivity index (χ2n) is 11.6. The van der Waals surface area contributed by atoms with Crippen LogP contribution in [0.15, 0.2) is 35.9 Å². The Kier molecular flexibility index (Phi) is 9.63. The van der Waals surface area contributed by atoms with Crippen molar-refractivity contribution in [2.24, 2.45) is 0 Å². The summed E-state index contributed by atoms with van der Waals surface area (Å²) in [6, 6.07) is 8.43. The number of nitrogens with one attached hydrogen (secondary N) is 2. The summed E-state index contributed by atoms with van der Waals surface area (Å²) in [5.41, 5.74) is 3.74. The van der Waals surface area contributed by atoms with Crippen LogP contribution in [0.5, 0.6) is 11.6 Å². The Morgan fingerprint density at radius 3 is 2.69 bits per heavy atom. The summed E-state index contributed by atoms with van der Waals surface area (Å²) in [5.74, 6) is 1.79. The molecule has 234 valence electrons. The maximum absolute atomic E-state index is 12.4. The number of anilines is 1. The first kappa shape index (κ1) is 30.6. The van der Waals surface area contributed by atoms with Gasteiger partial charge in [0.25, 0.3) is 0 Å². The predicted molar refractivity (Wildman–Crippen MR) is 172 cm³/mol. The molecule has 5 heterocycles. The van der Waals surface area contributed by atoms with E-state index in [0.717, 1.165) is 77.1 Å².